The Balaban J connectivity index is 2.53. The number of aryl methyl sites for hydroxylation is 1. The van der Waals surface area contributed by atoms with Crippen LogP contribution in [0.5, 0.6) is 0 Å². The van der Waals surface area contributed by atoms with Gasteiger partial charge in [0.25, 0.3) is 0 Å². The highest BCUT2D eigenvalue weighted by molar-refractivity contribution is 5.25. The van der Waals surface area contributed by atoms with Crippen LogP contribution < -0.4 is 5.32 Å². The number of rotatable bonds is 8. The summed E-state index contributed by atoms with van der Waals surface area (Å²) in [5, 5.41) is 12.5. The molecule has 2 atom stereocenters. The topological polar surface area (TPSA) is 32.3 Å². The number of hydrogen-bond donors (Lipinski definition) is 2. The van der Waals surface area contributed by atoms with E-state index in [0.717, 1.165) is 31.4 Å². The maximum absolute atomic E-state index is 13.5. The van der Waals surface area contributed by atoms with Crippen molar-refractivity contribution in [1.82, 2.24) is 5.32 Å². The first-order valence-corrected chi connectivity index (χ1v) is 7.18. The first-order valence-electron chi connectivity index (χ1n) is 7.18. The number of benzene rings is 1. The molecule has 0 radical (unpaired) electrons. The summed E-state index contributed by atoms with van der Waals surface area (Å²) in [4.78, 5) is 0. The Morgan fingerprint density at radius 2 is 2.05 bits per heavy atom. The summed E-state index contributed by atoms with van der Waals surface area (Å²) in [5.74, 6) is 0.347. The summed E-state index contributed by atoms with van der Waals surface area (Å²) in [6, 6.07) is 5.53. The SMILES string of the molecule is CCCC(CCO)CNC(C)c1ccc(C)c(F)c1. The van der Waals surface area contributed by atoms with Crippen molar-refractivity contribution in [3.63, 3.8) is 0 Å². The third-order valence-corrected chi connectivity index (χ3v) is 3.64. The molecule has 0 heterocycles. The van der Waals surface area contributed by atoms with Gasteiger partial charge in [0.2, 0.25) is 0 Å². The van der Waals surface area contributed by atoms with Crippen molar-refractivity contribution in [2.75, 3.05) is 13.2 Å². The number of aliphatic hydroxyl groups excluding tert-OH is 1. The highest BCUT2D eigenvalue weighted by Gasteiger charge is 2.11. The van der Waals surface area contributed by atoms with E-state index in [9.17, 15) is 4.39 Å². The molecule has 2 unspecified atom stereocenters. The molecule has 1 aromatic rings. The molecule has 0 aliphatic rings. The largest absolute Gasteiger partial charge is 0.396 e. The van der Waals surface area contributed by atoms with Gasteiger partial charge in [0, 0.05) is 12.6 Å². The van der Waals surface area contributed by atoms with Gasteiger partial charge in [0.05, 0.1) is 0 Å². The summed E-state index contributed by atoms with van der Waals surface area (Å²) in [6.07, 6.45) is 3.07. The zero-order chi connectivity index (χ0) is 14.3. The number of aliphatic hydroxyl groups is 1. The highest BCUT2D eigenvalue weighted by atomic mass is 19.1. The smallest absolute Gasteiger partial charge is 0.126 e. The van der Waals surface area contributed by atoms with Crippen LogP contribution in [0.4, 0.5) is 4.39 Å². The quantitative estimate of drug-likeness (QED) is 0.754. The van der Waals surface area contributed by atoms with Crippen LogP contribution in [0.15, 0.2) is 18.2 Å². The first kappa shape index (κ1) is 16.1. The van der Waals surface area contributed by atoms with Gasteiger partial charge in [-0.25, -0.2) is 4.39 Å². The van der Waals surface area contributed by atoms with Crippen LogP contribution in [0.25, 0.3) is 0 Å². The van der Waals surface area contributed by atoms with Crippen LogP contribution in [-0.2, 0) is 0 Å². The van der Waals surface area contributed by atoms with Gasteiger partial charge in [-0.05, 0) is 56.3 Å². The molecule has 0 saturated heterocycles. The van der Waals surface area contributed by atoms with E-state index in [0.29, 0.717) is 11.5 Å². The minimum atomic E-state index is -0.147. The van der Waals surface area contributed by atoms with Crippen molar-refractivity contribution >= 4 is 0 Å². The van der Waals surface area contributed by atoms with Crippen LogP contribution in [0.1, 0.15) is 50.3 Å². The molecule has 0 saturated carbocycles. The molecule has 1 rings (SSSR count). The van der Waals surface area contributed by atoms with E-state index < -0.39 is 0 Å². The lowest BCUT2D eigenvalue weighted by atomic mass is 9.99. The van der Waals surface area contributed by atoms with Crippen LogP contribution in [-0.4, -0.2) is 18.3 Å². The van der Waals surface area contributed by atoms with Crippen LogP contribution in [0.2, 0.25) is 0 Å². The van der Waals surface area contributed by atoms with Gasteiger partial charge in [-0.15, -0.1) is 0 Å². The fourth-order valence-electron chi connectivity index (χ4n) is 2.28. The molecule has 2 N–H and O–H groups in total. The van der Waals surface area contributed by atoms with Crippen LogP contribution in [0, 0.1) is 18.7 Å². The molecule has 2 nitrogen and oxygen atoms in total. The molecule has 19 heavy (non-hydrogen) atoms. The van der Waals surface area contributed by atoms with E-state index in [1.807, 2.05) is 19.1 Å². The van der Waals surface area contributed by atoms with Gasteiger partial charge < -0.3 is 10.4 Å². The maximum Gasteiger partial charge on any atom is 0.126 e. The van der Waals surface area contributed by atoms with Gasteiger partial charge in [-0.2, -0.15) is 0 Å². The Labute approximate surface area is 116 Å². The van der Waals surface area contributed by atoms with Gasteiger partial charge in [-0.1, -0.05) is 25.5 Å². The Morgan fingerprint density at radius 1 is 1.32 bits per heavy atom. The fraction of sp³-hybridized carbons (Fsp3) is 0.625. The molecule has 0 fully saturated rings. The minimum Gasteiger partial charge on any atom is -0.396 e. The average molecular weight is 267 g/mol. The second kappa shape index (κ2) is 8.28. The Bertz CT molecular complexity index is 375. The van der Waals surface area contributed by atoms with Gasteiger partial charge in [0.15, 0.2) is 0 Å². The molecule has 1 aromatic carbocycles. The molecular formula is C16H26FNO. The predicted octanol–water partition coefficient (Wildman–Crippen LogP) is 3.58. The number of nitrogens with one attached hydrogen (secondary N) is 1. The summed E-state index contributed by atoms with van der Waals surface area (Å²) in [7, 11) is 0. The molecule has 0 aromatic heterocycles. The Morgan fingerprint density at radius 3 is 2.63 bits per heavy atom. The summed E-state index contributed by atoms with van der Waals surface area (Å²) in [5.41, 5.74) is 1.66. The normalized spacial score (nSPS) is 14.4. The van der Waals surface area contributed by atoms with Crippen LogP contribution in [0.3, 0.4) is 0 Å². The summed E-state index contributed by atoms with van der Waals surface area (Å²) < 4.78 is 13.5. The van der Waals surface area contributed by atoms with Gasteiger partial charge >= 0.3 is 0 Å². The lowest BCUT2D eigenvalue weighted by Crippen LogP contribution is -2.26. The molecule has 0 spiro atoms. The van der Waals surface area contributed by atoms with E-state index in [1.165, 1.54) is 0 Å². The van der Waals surface area contributed by atoms with Gasteiger partial charge in [0.1, 0.15) is 5.82 Å². The van der Waals surface area contributed by atoms with E-state index >= 15 is 0 Å². The lowest BCUT2D eigenvalue weighted by Gasteiger charge is -2.20. The van der Waals surface area contributed by atoms with Crippen molar-refractivity contribution in [2.24, 2.45) is 5.92 Å². The zero-order valence-corrected chi connectivity index (χ0v) is 12.2. The molecule has 108 valence electrons. The van der Waals surface area contributed by atoms with Crippen molar-refractivity contribution in [3.05, 3.63) is 35.1 Å². The average Bonchev–Trinajstić information content (AvgIpc) is 2.39. The molecule has 3 heteroatoms. The zero-order valence-electron chi connectivity index (χ0n) is 12.2. The monoisotopic (exact) mass is 267 g/mol. The highest BCUT2D eigenvalue weighted by Crippen LogP contribution is 2.17. The van der Waals surface area contributed by atoms with Crippen molar-refractivity contribution < 1.29 is 9.50 Å². The second-order valence-electron chi connectivity index (χ2n) is 5.31. The third kappa shape index (κ3) is 5.29. The number of halogens is 1. The van der Waals surface area contributed by atoms with Crippen LogP contribution >= 0.6 is 0 Å². The fourth-order valence-corrected chi connectivity index (χ4v) is 2.28. The Hall–Kier alpha value is -0.930. The second-order valence-corrected chi connectivity index (χ2v) is 5.31. The third-order valence-electron chi connectivity index (χ3n) is 3.64. The van der Waals surface area contributed by atoms with E-state index in [-0.39, 0.29) is 18.5 Å². The van der Waals surface area contributed by atoms with Crippen molar-refractivity contribution in [2.45, 2.75) is 46.1 Å². The van der Waals surface area contributed by atoms with Gasteiger partial charge in [-0.3, -0.25) is 0 Å². The van der Waals surface area contributed by atoms with E-state index in [1.54, 1.807) is 13.0 Å². The van der Waals surface area contributed by atoms with Crippen molar-refractivity contribution in [1.29, 1.82) is 0 Å². The maximum atomic E-state index is 13.5. The van der Waals surface area contributed by atoms with Crippen molar-refractivity contribution in [3.8, 4) is 0 Å². The summed E-state index contributed by atoms with van der Waals surface area (Å²) in [6.45, 7) is 7.08. The minimum absolute atomic E-state index is 0.133. The van der Waals surface area contributed by atoms with E-state index in [2.05, 4.69) is 12.2 Å². The molecule has 0 aliphatic heterocycles. The first-order chi connectivity index (χ1) is 9.08. The molecule has 0 amide bonds. The summed E-state index contributed by atoms with van der Waals surface area (Å²) >= 11 is 0. The Kier molecular flexibility index (Phi) is 7.03. The standard InChI is InChI=1S/C16H26FNO/c1-4-5-14(8-9-19)11-18-13(3)15-7-6-12(2)16(17)10-15/h6-7,10,13-14,18-19H,4-5,8-9,11H2,1-3H3. The predicted molar refractivity (Wildman–Crippen MR) is 77.7 cm³/mol. The number of hydrogen-bond acceptors (Lipinski definition) is 2. The molecular weight excluding hydrogens is 241 g/mol. The molecule has 0 bridgehead atoms. The lowest BCUT2D eigenvalue weighted by molar-refractivity contribution is 0.246. The molecule has 0 aliphatic carbocycles. The van der Waals surface area contributed by atoms with E-state index in [4.69, 9.17) is 5.11 Å².